The average molecular weight is 537 g/mol. The molecule has 0 aliphatic carbocycles. The molecule has 0 radical (unpaired) electrons. The molecular formula is C29H31F3N6O. The van der Waals surface area contributed by atoms with E-state index < -0.39 is 23.0 Å². The van der Waals surface area contributed by atoms with Crippen LogP contribution in [0.15, 0.2) is 54.9 Å². The van der Waals surface area contributed by atoms with E-state index in [1.807, 2.05) is 19.2 Å². The summed E-state index contributed by atoms with van der Waals surface area (Å²) < 4.78 is 49.4. The maximum Gasteiger partial charge on any atom is 0.144 e. The summed E-state index contributed by atoms with van der Waals surface area (Å²) >= 11 is 0. The normalized spacial score (nSPS) is 14.5. The number of ether oxygens (including phenoxy) is 1. The van der Waals surface area contributed by atoms with Crippen molar-refractivity contribution in [2.24, 2.45) is 0 Å². The highest BCUT2D eigenvalue weighted by Crippen LogP contribution is 2.35. The van der Waals surface area contributed by atoms with Gasteiger partial charge in [0.1, 0.15) is 35.3 Å². The molecule has 1 aliphatic rings. The molecule has 0 amide bonds. The van der Waals surface area contributed by atoms with Gasteiger partial charge in [0.25, 0.3) is 0 Å². The van der Waals surface area contributed by atoms with Gasteiger partial charge in [0.2, 0.25) is 0 Å². The molecule has 1 fully saturated rings. The van der Waals surface area contributed by atoms with Gasteiger partial charge in [-0.1, -0.05) is 6.07 Å². The molecule has 1 aromatic heterocycles. The summed E-state index contributed by atoms with van der Waals surface area (Å²) in [5.41, 5.74) is 1.25. The van der Waals surface area contributed by atoms with Gasteiger partial charge in [0.15, 0.2) is 0 Å². The van der Waals surface area contributed by atoms with E-state index in [2.05, 4.69) is 37.4 Å². The SMILES string of the molecule is CNc1cc2c(Nc3ccc(F)c(-c4c(F)cccc4F)c3)ncnc2cc1OCCCN1CCN(C)CC1. The zero-order valence-electron chi connectivity index (χ0n) is 22.0. The number of nitrogens with zero attached hydrogens (tertiary/aromatic N) is 4. The molecular weight excluding hydrogens is 505 g/mol. The van der Waals surface area contributed by atoms with Crippen LogP contribution in [-0.2, 0) is 0 Å². The van der Waals surface area contributed by atoms with Crippen LogP contribution in [0.5, 0.6) is 5.75 Å². The minimum atomic E-state index is -0.840. The Bertz CT molecular complexity index is 1440. The summed E-state index contributed by atoms with van der Waals surface area (Å²) in [4.78, 5) is 13.5. The summed E-state index contributed by atoms with van der Waals surface area (Å²) in [6.07, 6.45) is 2.33. The van der Waals surface area contributed by atoms with Crippen molar-refractivity contribution in [2.45, 2.75) is 6.42 Å². The molecule has 1 saturated heterocycles. The first-order valence-electron chi connectivity index (χ1n) is 12.9. The fraction of sp³-hybridized carbons (Fsp3) is 0.310. The summed E-state index contributed by atoms with van der Waals surface area (Å²) in [7, 11) is 3.96. The van der Waals surface area contributed by atoms with Gasteiger partial charge in [0.05, 0.1) is 23.4 Å². The lowest BCUT2D eigenvalue weighted by molar-refractivity contribution is 0.145. The molecule has 10 heteroatoms. The Morgan fingerprint density at radius 3 is 2.44 bits per heavy atom. The van der Waals surface area contributed by atoms with E-state index in [1.165, 1.54) is 30.6 Å². The van der Waals surface area contributed by atoms with Gasteiger partial charge >= 0.3 is 0 Å². The van der Waals surface area contributed by atoms with Crippen LogP contribution in [0, 0.1) is 17.5 Å². The third-order valence-corrected chi connectivity index (χ3v) is 6.94. The minimum absolute atomic E-state index is 0.183. The number of hydrogen-bond donors (Lipinski definition) is 2. The van der Waals surface area contributed by atoms with Gasteiger partial charge in [-0.25, -0.2) is 23.1 Å². The molecule has 7 nitrogen and oxygen atoms in total. The Kier molecular flexibility index (Phi) is 8.13. The number of nitrogens with one attached hydrogen (secondary N) is 2. The maximum absolute atomic E-state index is 14.6. The lowest BCUT2D eigenvalue weighted by atomic mass is 10.0. The average Bonchev–Trinajstić information content (AvgIpc) is 2.93. The third-order valence-electron chi connectivity index (χ3n) is 6.94. The topological polar surface area (TPSA) is 65.6 Å². The number of piperazine rings is 1. The summed E-state index contributed by atoms with van der Waals surface area (Å²) in [6, 6.07) is 11.2. The van der Waals surface area contributed by atoms with Crippen molar-refractivity contribution in [1.82, 2.24) is 19.8 Å². The van der Waals surface area contributed by atoms with Gasteiger partial charge in [-0.05, 0) is 49.9 Å². The monoisotopic (exact) mass is 536 g/mol. The lowest BCUT2D eigenvalue weighted by Gasteiger charge is -2.32. The molecule has 0 bridgehead atoms. The molecule has 0 saturated carbocycles. The first kappa shape index (κ1) is 26.7. The number of rotatable bonds is 9. The second-order valence-electron chi connectivity index (χ2n) is 9.60. The van der Waals surface area contributed by atoms with Gasteiger partial charge in [-0.15, -0.1) is 0 Å². The number of anilines is 3. The van der Waals surface area contributed by atoms with Crippen LogP contribution in [0.3, 0.4) is 0 Å². The number of benzene rings is 3. The Balaban J connectivity index is 1.34. The van der Waals surface area contributed by atoms with Crippen molar-refractivity contribution in [3.8, 4) is 16.9 Å². The molecule has 5 rings (SSSR count). The second-order valence-corrected chi connectivity index (χ2v) is 9.60. The molecule has 0 atom stereocenters. The van der Waals surface area contributed by atoms with Crippen LogP contribution < -0.4 is 15.4 Å². The lowest BCUT2D eigenvalue weighted by Crippen LogP contribution is -2.44. The van der Waals surface area contributed by atoms with Gasteiger partial charge < -0.3 is 25.2 Å². The highest BCUT2D eigenvalue weighted by atomic mass is 19.1. The largest absolute Gasteiger partial charge is 0.491 e. The fourth-order valence-electron chi connectivity index (χ4n) is 4.73. The van der Waals surface area contributed by atoms with Gasteiger partial charge in [-0.3, -0.25) is 0 Å². The summed E-state index contributed by atoms with van der Waals surface area (Å²) in [6.45, 7) is 5.89. The van der Waals surface area contributed by atoms with E-state index in [-0.39, 0.29) is 5.56 Å². The van der Waals surface area contributed by atoms with Crippen LogP contribution in [0.2, 0.25) is 0 Å². The van der Waals surface area contributed by atoms with E-state index in [9.17, 15) is 13.2 Å². The molecule has 2 heterocycles. The first-order valence-corrected chi connectivity index (χ1v) is 12.9. The minimum Gasteiger partial charge on any atom is -0.491 e. The molecule has 3 aromatic carbocycles. The first-order chi connectivity index (χ1) is 18.9. The van der Waals surface area contributed by atoms with Crippen molar-refractivity contribution in [3.05, 3.63) is 72.3 Å². The van der Waals surface area contributed by atoms with Crippen LogP contribution in [0.4, 0.5) is 30.4 Å². The van der Waals surface area contributed by atoms with Crippen molar-refractivity contribution in [3.63, 3.8) is 0 Å². The van der Waals surface area contributed by atoms with E-state index in [0.717, 1.165) is 57.0 Å². The maximum atomic E-state index is 14.6. The zero-order chi connectivity index (χ0) is 27.4. The molecule has 4 aromatic rings. The number of likely N-dealkylation sites (N-methyl/N-ethyl adjacent to an activating group) is 1. The van der Waals surface area contributed by atoms with E-state index >= 15 is 0 Å². The molecule has 0 spiro atoms. The van der Waals surface area contributed by atoms with Crippen LogP contribution >= 0.6 is 0 Å². The smallest absolute Gasteiger partial charge is 0.144 e. The Morgan fingerprint density at radius 1 is 0.923 bits per heavy atom. The Hall–Kier alpha value is -3.89. The van der Waals surface area contributed by atoms with Crippen LogP contribution in [0.25, 0.3) is 22.0 Å². The van der Waals surface area contributed by atoms with Crippen molar-refractivity contribution in [1.29, 1.82) is 0 Å². The molecule has 0 unspecified atom stereocenters. The number of aromatic nitrogens is 2. The summed E-state index contributed by atoms with van der Waals surface area (Å²) in [5, 5.41) is 7.02. The number of hydrogen-bond acceptors (Lipinski definition) is 7. The van der Waals surface area contributed by atoms with Crippen molar-refractivity contribution >= 4 is 28.1 Å². The van der Waals surface area contributed by atoms with E-state index in [4.69, 9.17) is 4.74 Å². The molecule has 204 valence electrons. The predicted molar refractivity (Wildman–Crippen MR) is 148 cm³/mol. The standard InChI is InChI=1S/C29H31F3N6O/c1-33-26-16-21-25(17-27(26)39-14-4-9-38-12-10-37(2)11-13-38)34-18-35-29(21)36-19-7-8-22(30)20(15-19)28-23(31)5-3-6-24(28)32/h3,5-8,15-18,33H,4,9-14H2,1-2H3,(H,34,35,36). The quantitative estimate of drug-likeness (QED) is 0.273. The highest BCUT2D eigenvalue weighted by molar-refractivity contribution is 5.95. The molecule has 1 aliphatic heterocycles. The van der Waals surface area contributed by atoms with E-state index in [1.54, 1.807) is 0 Å². The zero-order valence-corrected chi connectivity index (χ0v) is 22.0. The summed E-state index contributed by atoms with van der Waals surface area (Å²) in [5.74, 6) is -1.26. The molecule has 39 heavy (non-hydrogen) atoms. The van der Waals surface area contributed by atoms with Crippen LogP contribution in [-0.4, -0.2) is 73.2 Å². The fourth-order valence-corrected chi connectivity index (χ4v) is 4.73. The highest BCUT2D eigenvalue weighted by Gasteiger charge is 2.17. The van der Waals surface area contributed by atoms with Gasteiger partial charge in [-0.2, -0.15) is 0 Å². The predicted octanol–water partition coefficient (Wildman–Crippen LogP) is 5.52. The Morgan fingerprint density at radius 2 is 1.69 bits per heavy atom. The van der Waals surface area contributed by atoms with Crippen molar-refractivity contribution in [2.75, 3.05) is 64.1 Å². The second kappa shape index (κ2) is 11.9. The molecule has 2 N–H and O–H groups in total. The number of halogens is 3. The Labute approximate surface area is 225 Å². The van der Waals surface area contributed by atoms with Gasteiger partial charge in [0, 0.05) is 62.5 Å². The van der Waals surface area contributed by atoms with Crippen molar-refractivity contribution < 1.29 is 17.9 Å². The number of fused-ring (bicyclic) bond motifs is 1. The third kappa shape index (κ3) is 6.07. The van der Waals surface area contributed by atoms with Crippen LogP contribution in [0.1, 0.15) is 6.42 Å². The van der Waals surface area contributed by atoms with E-state index in [0.29, 0.717) is 34.8 Å².